The highest BCUT2D eigenvalue weighted by Crippen LogP contribution is 2.53. The summed E-state index contributed by atoms with van der Waals surface area (Å²) in [6.07, 6.45) is 7.08. The lowest BCUT2D eigenvalue weighted by Crippen LogP contribution is -2.27. The number of nitrogens with zero attached hydrogens (tertiary/aromatic N) is 1. The number of halogens is 2. The monoisotopic (exact) mass is 468 g/mol. The SMILES string of the molecule is CCC1C2CN(CCCC3CCC(F)(F)CC3)CC12.O=S(=O)(Nc1ccccc1)C1CC1. The Morgan fingerprint density at radius 3 is 2.22 bits per heavy atom. The topological polar surface area (TPSA) is 49.4 Å². The summed E-state index contributed by atoms with van der Waals surface area (Å²) in [5.41, 5.74) is 0.648. The molecule has 2 atom stereocenters. The van der Waals surface area contributed by atoms with Gasteiger partial charge in [-0.25, -0.2) is 17.2 Å². The van der Waals surface area contributed by atoms with Crippen LogP contribution in [0.15, 0.2) is 30.3 Å². The lowest BCUT2D eigenvalue weighted by molar-refractivity contribution is -0.0468. The number of para-hydroxylation sites is 1. The number of alkyl halides is 2. The molecule has 1 aliphatic heterocycles. The number of benzene rings is 1. The molecule has 3 saturated carbocycles. The van der Waals surface area contributed by atoms with Gasteiger partial charge in [0.15, 0.2) is 0 Å². The van der Waals surface area contributed by atoms with Crippen molar-refractivity contribution in [1.29, 1.82) is 0 Å². The Morgan fingerprint density at radius 1 is 1.03 bits per heavy atom. The van der Waals surface area contributed by atoms with E-state index in [0.29, 0.717) is 11.6 Å². The molecule has 1 aromatic carbocycles. The van der Waals surface area contributed by atoms with Gasteiger partial charge in [-0.2, -0.15) is 0 Å². The lowest BCUT2D eigenvalue weighted by Gasteiger charge is -2.28. The van der Waals surface area contributed by atoms with Gasteiger partial charge >= 0.3 is 0 Å². The van der Waals surface area contributed by atoms with Crippen LogP contribution in [0.25, 0.3) is 0 Å². The molecule has 1 aromatic rings. The third-order valence-corrected chi connectivity index (χ3v) is 9.71. The molecule has 2 unspecified atom stereocenters. The fourth-order valence-corrected chi connectivity index (χ4v) is 7.04. The van der Waals surface area contributed by atoms with Gasteiger partial charge in [-0.3, -0.25) is 4.72 Å². The van der Waals surface area contributed by atoms with E-state index in [-0.39, 0.29) is 18.1 Å². The minimum absolute atomic E-state index is 0.129. The van der Waals surface area contributed by atoms with Crippen LogP contribution in [0.4, 0.5) is 14.5 Å². The Bertz CT molecular complexity index is 823. The van der Waals surface area contributed by atoms with E-state index in [1.54, 1.807) is 12.1 Å². The second kappa shape index (κ2) is 9.96. The largest absolute Gasteiger partial charge is 0.303 e. The molecule has 32 heavy (non-hydrogen) atoms. The maximum absolute atomic E-state index is 13.1. The van der Waals surface area contributed by atoms with Crippen molar-refractivity contribution in [2.45, 2.75) is 75.9 Å². The summed E-state index contributed by atoms with van der Waals surface area (Å²) in [6.45, 7) is 6.14. The highest BCUT2D eigenvalue weighted by atomic mass is 32.2. The van der Waals surface area contributed by atoms with Gasteiger partial charge in [0, 0.05) is 31.6 Å². The van der Waals surface area contributed by atoms with E-state index in [9.17, 15) is 17.2 Å². The molecule has 4 nitrogen and oxygen atoms in total. The second-order valence-electron chi connectivity index (χ2n) is 10.3. The quantitative estimate of drug-likeness (QED) is 0.527. The zero-order valence-corrected chi connectivity index (χ0v) is 20.0. The van der Waals surface area contributed by atoms with Crippen LogP contribution in [-0.4, -0.2) is 44.1 Å². The van der Waals surface area contributed by atoms with Gasteiger partial charge in [0.25, 0.3) is 0 Å². The first-order valence-electron chi connectivity index (χ1n) is 12.4. The molecule has 0 aromatic heterocycles. The summed E-state index contributed by atoms with van der Waals surface area (Å²) in [4.78, 5) is 2.61. The molecule has 3 aliphatic carbocycles. The molecular formula is C25H38F2N2O2S. The van der Waals surface area contributed by atoms with Gasteiger partial charge < -0.3 is 4.90 Å². The van der Waals surface area contributed by atoms with Crippen LogP contribution in [0.3, 0.4) is 0 Å². The van der Waals surface area contributed by atoms with Crippen molar-refractivity contribution < 1.29 is 17.2 Å². The highest BCUT2D eigenvalue weighted by molar-refractivity contribution is 7.93. The number of hydrogen-bond acceptors (Lipinski definition) is 3. The molecule has 4 fully saturated rings. The maximum Gasteiger partial charge on any atom is 0.248 e. The van der Waals surface area contributed by atoms with E-state index in [4.69, 9.17) is 0 Å². The Hall–Kier alpha value is -1.21. The van der Waals surface area contributed by atoms with Gasteiger partial charge in [0.1, 0.15) is 0 Å². The van der Waals surface area contributed by atoms with Crippen molar-refractivity contribution in [2.75, 3.05) is 24.4 Å². The fourth-order valence-electron chi connectivity index (χ4n) is 5.65. The summed E-state index contributed by atoms with van der Waals surface area (Å²) in [7, 11) is -3.09. The number of nitrogens with one attached hydrogen (secondary N) is 1. The summed E-state index contributed by atoms with van der Waals surface area (Å²) in [5, 5.41) is -0.160. The highest BCUT2D eigenvalue weighted by Gasteiger charge is 2.53. The molecule has 0 bridgehead atoms. The van der Waals surface area contributed by atoms with Gasteiger partial charge in [-0.1, -0.05) is 31.5 Å². The number of sulfonamides is 1. The Kier molecular flexibility index (Phi) is 7.45. The fraction of sp³-hybridized carbons (Fsp3) is 0.760. The van der Waals surface area contributed by atoms with Crippen LogP contribution >= 0.6 is 0 Å². The van der Waals surface area contributed by atoms with Crippen LogP contribution in [0, 0.1) is 23.7 Å². The normalized spacial score (nSPS) is 29.7. The molecule has 180 valence electrons. The number of piperidine rings is 1. The average molecular weight is 469 g/mol. The molecule has 0 spiro atoms. The standard InChI is InChI=1S/C16H27F2N.C9H11NO2S/c1-2-13-14-10-19(11-15(13)14)9-3-4-12-5-7-16(17,18)8-6-12;11-13(12,9-6-7-9)10-8-4-2-1-3-5-8/h12-15H,2-11H2,1H3;1-5,9-10H,6-7H2. The van der Waals surface area contributed by atoms with Crippen LogP contribution < -0.4 is 4.72 Å². The van der Waals surface area contributed by atoms with Gasteiger partial charge in [-0.15, -0.1) is 0 Å². The van der Waals surface area contributed by atoms with Crippen molar-refractivity contribution in [3.63, 3.8) is 0 Å². The third-order valence-electron chi connectivity index (χ3n) is 7.84. The van der Waals surface area contributed by atoms with E-state index in [1.165, 1.54) is 38.9 Å². The molecule has 5 rings (SSSR count). The van der Waals surface area contributed by atoms with E-state index in [1.807, 2.05) is 18.2 Å². The number of hydrogen-bond donors (Lipinski definition) is 1. The predicted octanol–water partition coefficient (Wildman–Crippen LogP) is 5.77. The van der Waals surface area contributed by atoms with Crippen molar-refractivity contribution in [1.82, 2.24) is 4.90 Å². The third kappa shape index (κ3) is 6.43. The predicted molar refractivity (Wildman–Crippen MR) is 125 cm³/mol. The molecule has 0 amide bonds. The maximum atomic E-state index is 13.1. The van der Waals surface area contributed by atoms with Crippen LogP contribution in [0.2, 0.25) is 0 Å². The van der Waals surface area contributed by atoms with Crippen LogP contribution in [0.5, 0.6) is 0 Å². The molecule has 1 saturated heterocycles. The first kappa shape index (κ1) is 23.9. The molecule has 0 radical (unpaired) electrons. The minimum atomic E-state index is -3.09. The van der Waals surface area contributed by atoms with Crippen molar-refractivity contribution in [3.8, 4) is 0 Å². The number of rotatable bonds is 8. The van der Waals surface area contributed by atoms with Gasteiger partial charge in [0.2, 0.25) is 15.9 Å². The zero-order chi connectivity index (χ0) is 22.8. The minimum Gasteiger partial charge on any atom is -0.303 e. The zero-order valence-electron chi connectivity index (χ0n) is 19.2. The Balaban J connectivity index is 0.000000165. The van der Waals surface area contributed by atoms with Gasteiger partial charge in [0.05, 0.1) is 5.25 Å². The Labute approximate surface area is 192 Å². The van der Waals surface area contributed by atoms with E-state index < -0.39 is 15.9 Å². The summed E-state index contributed by atoms with van der Waals surface area (Å²) in [6, 6.07) is 8.98. The smallest absolute Gasteiger partial charge is 0.248 e. The summed E-state index contributed by atoms with van der Waals surface area (Å²) < 4.78 is 51.6. The number of anilines is 1. The van der Waals surface area contributed by atoms with Crippen molar-refractivity contribution >= 4 is 15.7 Å². The second-order valence-corrected chi connectivity index (χ2v) is 12.3. The lowest BCUT2D eigenvalue weighted by atomic mass is 9.84. The van der Waals surface area contributed by atoms with Crippen LogP contribution in [-0.2, 0) is 10.0 Å². The number of likely N-dealkylation sites (tertiary alicyclic amines) is 1. The first-order chi connectivity index (χ1) is 15.3. The average Bonchev–Trinajstić information content (AvgIpc) is 3.67. The molecular weight excluding hydrogens is 430 g/mol. The first-order valence-corrected chi connectivity index (χ1v) is 14.0. The number of fused-ring (bicyclic) bond motifs is 1. The van der Waals surface area contributed by atoms with E-state index in [2.05, 4.69) is 16.5 Å². The molecule has 1 N–H and O–H groups in total. The van der Waals surface area contributed by atoms with E-state index in [0.717, 1.165) is 43.4 Å². The van der Waals surface area contributed by atoms with Gasteiger partial charge in [-0.05, 0) is 80.9 Å². The van der Waals surface area contributed by atoms with E-state index >= 15 is 0 Å². The van der Waals surface area contributed by atoms with Crippen molar-refractivity contribution in [3.05, 3.63) is 30.3 Å². The summed E-state index contributed by atoms with van der Waals surface area (Å²) in [5.74, 6) is 1.23. The van der Waals surface area contributed by atoms with Crippen LogP contribution in [0.1, 0.15) is 64.7 Å². The summed E-state index contributed by atoms with van der Waals surface area (Å²) >= 11 is 0. The molecule has 4 aliphatic rings. The van der Waals surface area contributed by atoms with Crippen molar-refractivity contribution in [2.24, 2.45) is 23.7 Å². The molecule has 1 heterocycles. The molecule has 7 heteroatoms. The Morgan fingerprint density at radius 2 is 1.66 bits per heavy atom.